The van der Waals surface area contributed by atoms with Crippen molar-refractivity contribution in [2.75, 3.05) is 29.9 Å². The highest BCUT2D eigenvalue weighted by Gasteiger charge is 2.31. The molecule has 0 radical (unpaired) electrons. The number of H-pyrrole nitrogens is 1. The Morgan fingerprint density at radius 1 is 1.19 bits per heavy atom. The maximum absolute atomic E-state index is 13.3. The molecular weight excluding hydrogens is 388 g/mol. The highest BCUT2D eigenvalue weighted by atomic mass is 16.2. The van der Waals surface area contributed by atoms with Crippen molar-refractivity contribution in [3.8, 4) is 0 Å². The Morgan fingerprint density at radius 3 is 2.94 bits per heavy atom. The molecule has 1 amide bonds. The molecule has 5 rings (SSSR count). The number of hydrogen-bond donors (Lipinski definition) is 2. The number of carbonyl (C=O) groups excluding carboxylic acids is 1. The van der Waals surface area contributed by atoms with Gasteiger partial charge in [0.25, 0.3) is 0 Å². The predicted molar refractivity (Wildman–Crippen MR) is 123 cm³/mol. The molecule has 0 bridgehead atoms. The predicted octanol–water partition coefficient (Wildman–Crippen LogP) is 3.89. The van der Waals surface area contributed by atoms with Crippen LogP contribution >= 0.6 is 0 Å². The van der Waals surface area contributed by atoms with Crippen molar-refractivity contribution in [3.63, 3.8) is 0 Å². The number of aromatic nitrogens is 3. The van der Waals surface area contributed by atoms with E-state index >= 15 is 0 Å². The maximum Gasteiger partial charge on any atom is 0.241 e. The van der Waals surface area contributed by atoms with Crippen molar-refractivity contribution < 1.29 is 4.79 Å². The molecule has 1 aromatic carbocycles. The molecule has 162 valence electrons. The van der Waals surface area contributed by atoms with Crippen LogP contribution in [-0.4, -0.2) is 51.7 Å². The van der Waals surface area contributed by atoms with Crippen LogP contribution in [0.3, 0.4) is 0 Å². The zero-order valence-electron chi connectivity index (χ0n) is 18.3. The molecule has 0 spiro atoms. The number of anilines is 2. The Labute approximate surface area is 182 Å². The smallest absolute Gasteiger partial charge is 0.241 e. The molecular formula is C24H30N6O. The number of nitrogens with one attached hydrogen (secondary N) is 2. The Kier molecular flexibility index (Phi) is 5.36. The third-order valence-corrected chi connectivity index (χ3v) is 6.33. The summed E-state index contributed by atoms with van der Waals surface area (Å²) in [6, 6.07) is 12.9. The van der Waals surface area contributed by atoms with Gasteiger partial charge < -0.3 is 10.2 Å². The zero-order chi connectivity index (χ0) is 21.4. The summed E-state index contributed by atoms with van der Waals surface area (Å²) in [7, 11) is 0. The number of fused-ring (bicyclic) bond motifs is 2. The number of para-hydroxylation sites is 1. The minimum atomic E-state index is 0.165. The van der Waals surface area contributed by atoms with Crippen molar-refractivity contribution in [2.45, 2.75) is 51.6 Å². The number of aryl methyl sites for hydroxylation is 1. The SMILES string of the molecule is CC(C)Nc1n[nH]c2nc([C@@H]3CCCN3CC(=O)N3CCCc4ccccc43)ccc12. The fourth-order valence-electron chi connectivity index (χ4n) is 4.89. The molecule has 1 fully saturated rings. The van der Waals surface area contributed by atoms with Gasteiger partial charge in [0.2, 0.25) is 5.91 Å². The molecule has 2 N–H and O–H groups in total. The Balaban J connectivity index is 1.34. The molecule has 1 atom stereocenters. The van der Waals surface area contributed by atoms with Crippen LogP contribution in [0.1, 0.15) is 50.4 Å². The number of carbonyl (C=O) groups is 1. The van der Waals surface area contributed by atoms with E-state index in [0.29, 0.717) is 12.6 Å². The van der Waals surface area contributed by atoms with Crippen molar-refractivity contribution in [1.82, 2.24) is 20.1 Å². The lowest BCUT2D eigenvalue weighted by Crippen LogP contribution is -2.42. The first-order valence-corrected chi connectivity index (χ1v) is 11.3. The van der Waals surface area contributed by atoms with Gasteiger partial charge in [-0.3, -0.25) is 14.8 Å². The van der Waals surface area contributed by atoms with Crippen LogP contribution in [0.15, 0.2) is 36.4 Å². The minimum absolute atomic E-state index is 0.165. The van der Waals surface area contributed by atoms with Crippen LogP contribution < -0.4 is 10.2 Å². The van der Waals surface area contributed by atoms with E-state index in [4.69, 9.17) is 4.98 Å². The second kappa shape index (κ2) is 8.30. The topological polar surface area (TPSA) is 77.1 Å². The van der Waals surface area contributed by atoms with E-state index in [1.165, 1.54) is 5.56 Å². The monoisotopic (exact) mass is 418 g/mol. The van der Waals surface area contributed by atoms with Gasteiger partial charge in [-0.1, -0.05) is 18.2 Å². The minimum Gasteiger partial charge on any atom is -0.366 e. The summed E-state index contributed by atoms with van der Waals surface area (Å²) in [5.41, 5.74) is 4.16. The zero-order valence-corrected chi connectivity index (χ0v) is 18.3. The molecule has 2 aromatic heterocycles. The number of rotatable bonds is 5. The van der Waals surface area contributed by atoms with Gasteiger partial charge in [-0.25, -0.2) is 4.98 Å². The van der Waals surface area contributed by atoms with Crippen molar-refractivity contribution in [1.29, 1.82) is 0 Å². The standard InChI is InChI=1S/C24H30N6O/c1-16(2)25-23-18-11-12-19(26-24(18)28-27-23)21-10-6-13-29(21)15-22(31)30-14-5-8-17-7-3-4-9-20(17)30/h3-4,7,9,11-12,16,21H,5-6,8,10,13-15H2,1-2H3,(H2,25,26,27,28)/t21-/m0/s1. The van der Waals surface area contributed by atoms with Gasteiger partial charge in [0.15, 0.2) is 11.5 Å². The summed E-state index contributed by atoms with van der Waals surface area (Å²) in [5, 5.41) is 11.8. The fourth-order valence-corrected chi connectivity index (χ4v) is 4.89. The molecule has 0 unspecified atom stereocenters. The number of likely N-dealkylation sites (tertiary alicyclic amines) is 1. The van der Waals surface area contributed by atoms with Crippen LogP contribution in [0.5, 0.6) is 0 Å². The van der Waals surface area contributed by atoms with Crippen molar-refractivity contribution in [3.05, 3.63) is 47.7 Å². The van der Waals surface area contributed by atoms with Gasteiger partial charge in [-0.15, -0.1) is 0 Å². The van der Waals surface area contributed by atoms with Gasteiger partial charge in [0, 0.05) is 18.3 Å². The summed E-state index contributed by atoms with van der Waals surface area (Å²) in [5.74, 6) is 1.02. The highest BCUT2D eigenvalue weighted by molar-refractivity contribution is 5.96. The number of nitrogens with zero attached hydrogens (tertiary/aromatic N) is 4. The van der Waals surface area contributed by atoms with Gasteiger partial charge in [0.05, 0.1) is 23.7 Å². The van der Waals surface area contributed by atoms with Crippen molar-refractivity contribution in [2.24, 2.45) is 0 Å². The van der Waals surface area contributed by atoms with Crippen LogP contribution in [0.2, 0.25) is 0 Å². The Hall–Kier alpha value is -2.93. The molecule has 7 nitrogen and oxygen atoms in total. The van der Waals surface area contributed by atoms with Gasteiger partial charge in [-0.2, -0.15) is 5.10 Å². The first-order valence-electron chi connectivity index (χ1n) is 11.3. The second-order valence-corrected chi connectivity index (χ2v) is 8.91. The largest absolute Gasteiger partial charge is 0.366 e. The normalized spacial score (nSPS) is 19.2. The van der Waals surface area contributed by atoms with Crippen LogP contribution in [-0.2, 0) is 11.2 Å². The number of hydrogen-bond acceptors (Lipinski definition) is 5. The van der Waals surface area contributed by atoms with Crippen LogP contribution in [0.25, 0.3) is 11.0 Å². The van der Waals surface area contributed by atoms with E-state index in [2.05, 4.69) is 64.6 Å². The average Bonchev–Trinajstić information content (AvgIpc) is 3.39. The number of benzene rings is 1. The van der Waals surface area contributed by atoms with Crippen LogP contribution in [0.4, 0.5) is 11.5 Å². The second-order valence-electron chi connectivity index (χ2n) is 8.91. The molecule has 31 heavy (non-hydrogen) atoms. The lowest BCUT2D eigenvalue weighted by molar-refractivity contribution is -0.120. The summed E-state index contributed by atoms with van der Waals surface area (Å²) in [4.78, 5) is 22.4. The number of aromatic amines is 1. The first-order chi connectivity index (χ1) is 15.1. The molecule has 0 aliphatic carbocycles. The van der Waals surface area contributed by atoms with Crippen LogP contribution in [0, 0.1) is 0 Å². The Morgan fingerprint density at radius 2 is 2.06 bits per heavy atom. The summed E-state index contributed by atoms with van der Waals surface area (Å²) < 4.78 is 0. The number of amides is 1. The fraction of sp³-hybridized carbons (Fsp3) is 0.458. The van der Waals surface area contributed by atoms with E-state index in [1.807, 2.05) is 11.0 Å². The first kappa shape index (κ1) is 20.0. The molecule has 3 aromatic rings. The van der Waals surface area contributed by atoms with E-state index in [-0.39, 0.29) is 11.9 Å². The van der Waals surface area contributed by atoms with E-state index in [1.54, 1.807) is 0 Å². The lowest BCUT2D eigenvalue weighted by atomic mass is 10.0. The molecule has 4 heterocycles. The van der Waals surface area contributed by atoms with Gasteiger partial charge in [0.1, 0.15) is 0 Å². The summed E-state index contributed by atoms with van der Waals surface area (Å²) in [6.45, 7) is 6.35. The third kappa shape index (κ3) is 3.90. The molecule has 2 aliphatic heterocycles. The van der Waals surface area contributed by atoms with E-state index in [9.17, 15) is 4.79 Å². The third-order valence-electron chi connectivity index (χ3n) is 6.33. The van der Waals surface area contributed by atoms with Gasteiger partial charge in [-0.05, 0) is 69.8 Å². The molecule has 0 saturated carbocycles. The molecule has 7 heteroatoms. The quantitative estimate of drug-likeness (QED) is 0.657. The Bertz CT molecular complexity index is 1090. The van der Waals surface area contributed by atoms with E-state index < -0.39 is 0 Å². The highest BCUT2D eigenvalue weighted by Crippen LogP contribution is 2.33. The average molecular weight is 419 g/mol. The van der Waals surface area contributed by atoms with Gasteiger partial charge >= 0.3 is 0 Å². The summed E-state index contributed by atoms with van der Waals surface area (Å²) >= 11 is 0. The molecule has 1 saturated heterocycles. The number of pyridine rings is 1. The van der Waals surface area contributed by atoms with E-state index in [0.717, 1.165) is 67.0 Å². The summed E-state index contributed by atoms with van der Waals surface area (Å²) in [6.07, 6.45) is 4.18. The molecule has 2 aliphatic rings. The lowest BCUT2D eigenvalue weighted by Gasteiger charge is -2.32. The van der Waals surface area contributed by atoms with Crippen molar-refractivity contribution >= 4 is 28.4 Å². The maximum atomic E-state index is 13.3.